The molecule has 31 heavy (non-hydrogen) atoms. The number of nitrogens with one attached hydrogen (secondary N) is 1. The lowest BCUT2D eigenvalue weighted by Gasteiger charge is -2.10. The lowest BCUT2D eigenvalue weighted by Crippen LogP contribution is -2.26. The summed E-state index contributed by atoms with van der Waals surface area (Å²) in [7, 11) is 1.65. The van der Waals surface area contributed by atoms with Crippen molar-refractivity contribution in [2.45, 2.75) is 18.0 Å². The molecule has 160 valence electrons. The molecule has 0 spiro atoms. The second-order valence-electron chi connectivity index (χ2n) is 6.69. The average Bonchev–Trinajstić information content (AvgIpc) is 3.15. The zero-order valence-corrected chi connectivity index (χ0v) is 18.7. The second-order valence-corrected chi connectivity index (χ2v) is 7.74. The predicted molar refractivity (Wildman–Crippen MR) is 126 cm³/mol. The Balaban J connectivity index is 0.00000272. The molecule has 0 aliphatic carbocycles. The Labute approximate surface area is 191 Å². The number of carbonyl (C=O) groups excluding carboxylic acids is 1. The van der Waals surface area contributed by atoms with Crippen molar-refractivity contribution in [3.63, 3.8) is 0 Å². The van der Waals surface area contributed by atoms with Crippen molar-refractivity contribution in [2.75, 3.05) is 12.9 Å². The van der Waals surface area contributed by atoms with Gasteiger partial charge in [0.2, 0.25) is 5.91 Å². The van der Waals surface area contributed by atoms with Gasteiger partial charge in [-0.2, -0.15) is 0 Å². The number of hydrogen-bond donors (Lipinski definition) is 1. The van der Waals surface area contributed by atoms with E-state index in [9.17, 15) is 4.79 Å². The van der Waals surface area contributed by atoms with Crippen molar-refractivity contribution >= 4 is 41.2 Å². The van der Waals surface area contributed by atoms with E-state index in [4.69, 9.17) is 4.74 Å². The minimum Gasteiger partial charge on any atom is -0.497 e. The zero-order valence-electron chi connectivity index (χ0n) is 17.0. The third kappa shape index (κ3) is 5.77. The molecule has 8 heteroatoms. The van der Waals surface area contributed by atoms with Gasteiger partial charge in [0.25, 0.3) is 0 Å². The Kier molecular flexibility index (Phi) is 7.92. The van der Waals surface area contributed by atoms with Crippen molar-refractivity contribution in [1.29, 1.82) is 0 Å². The molecule has 1 amide bonds. The SMILES string of the molecule is COc1ccc(Cn2c(CNC(=O)CSc3ccccc3)nc3cccnc32)cc1.Cl. The van der Waals surface area contributed by atoms with Crippen molar-refractivity contribution < 1.29 is 9.53 Å². The summed E-state index contributed by atoms with van der Waals surface area (Å²) in [5, 5.41) is 2.98. The Hall–Kier alpha value is -3.03. The molecule has 0 aliphatic rings. The second kappa shape index (κ2) is 10.8. The van der Waals surface area contributed by atoms with Gasteiger partial charge in [-0.1, -0.05) is 30.3 Å². The molecule has 4 rings (SSSR count). The van der Waals surface area contributed by atoms with Crippen LogP contribution in [0.25, 0.3) is 11.2 Å². The van der Waals surface area contributed by atoms with Gasteiger partial charge in [0.15, 0.2) is 5.65 Å². The van der Waals surface area contributed by atoms with Gasteiger partial charge in [0.05, 0.1) is 26.0 Å². The van der Waals surface area contributed by atoms with Crippen LogP contribution in [-0.2, 0) is 17.9 Å². The quantitative estimate of drug-likeness (QED) is 0.401. The molecule has 2 aromatic carbocycles. The number of pyridine rings is 1. The fourth-order valence-corrected chi connectivity index (χ4v) is 3.86. The summed E-state index contributed by atoms with van der Waals surface area (Å²) in [6.07, 6.45) is 1.76. The molecule has 0 fully saturated rings. The van der Waals surface area contributed by atoms with E-state index < -0.39 is 0 Å². The highest BCUT2D eigenvalue weighted by atomic mass is 35.5. The minimum atomic E-state index is -0.0279. The molecule has 0 saturated heterocycles. The molecular formula is C23H23ClN4O2S. The van der Waals surface area contributed by atoms with Crippen LogP contribution in [0.3, 0.4) is 0 Å². The molecule has 1 N–H and O–H groups in total. The molecule has 4 aromatic rings. The van der Waals surface area contributed by atoms with E-state index in [2.05, 4.69) is 15.3 Å². The number of imidazole rings is 1. The van der Waals surface area contributed by atoms with E-state index in [-0.39, 0.29) is 18.3 Å². The molecule has 6 nitrogen and oxygen atoms in total. The largest absolute Gasteiger partial charge is 0.497 e. The number of methoxy groups -OCH3 is 1. The van der Waals surface area contributed by atoms with Gasteiger partial charge < -0.3 is 14.6 Å². The normalized spacial score (nSPS) is 10.5. The van der Waals surface area contributed by atoms with Gasteiger partial charge in [-0.05, 0) is 42.0 Å². The zero-order chi connectivity index (χ0) is 20.8. The van der Waals surface area contributed by atoms with Crippen LogP contribution >= 0.6 is 24.2 Å². The molecule has 0 saturated carbocycles. The first-order valence-electron chi connectivity index (χ1n) is 9.60. The highest BCUT2D eigenvalue weighted by molar-refractivity contribution is 8.00. The van der Waals surface area contributed by atoms with Gasteiger partial charge in [-0.15, -0.1) is 24.2 Å². The van der Waals surface area contributed by atoms with Gasteiger partial charge in [-0.3, -0.25) is 4.79 Å². The van der Waals surface area contributed by atoms with Crippen molar-refractivity contribution in [3.05, 3.63) is 84.3 Å². The lowest BCUT2D eigenvalue weighted by atomic mass is 10.2. The van der Waals surface area contributed by atoms with Crippen molar-refractivity contribution in [1.82, 2.24) is 19.9 Å². The number of rotatable bonds is 8. The molecule has 0 radical (unpaired) electrons. The molecule has 0 atom stereocenters. The van der Waals surface area contributed by atoms with E-state index in [0.717, 1.165) is 33.2 Å². The number of thioether (sulfide) groups is 1. The number of benzene rings is 2. The Morgan fingerprint density at radius 1 is 1.06 bits per heavy atom. The molecule has 2 heterocycles. The van der Waals surface area contributed by atoms with Crippen LogP contribution in [0.5, 0.6) is 5.75 Å². The monoisotopic (exact) mass is 454 g/mol. The molecule has 2 aromatic heterocycles. The summed E-state index contributed by atoms with van der Waals surface area (Å²) in [5.74, 6) is 1.93. The van der Waals surface area contributed by atoms with Crippen LogP contribution in [0.15, 0.2) is 77.8 Å². The van der Waals surface area contributed by atoms with Gasteiger partial charge in [0, 0.05) is 11.1 Å². The third-order valence-electron chi connectivity index (χ3n) is 4.64. The smallest absolute Gasteiger partial charge is 0.230 e. The summed E-state index contributed by atoms with van der Waals surface area (Å²) in [5.41, 5.74) is 2.72. The van der Waals surface area contributed by atoms with Crippen LogP contribution in [0, 0.1) is 0 Å². The first-order chi connectivity index (χ1) is 14.7. The van der Waals surface area contributed by atoms with E-state index in [1.807, 2.05) is 71.3 Å². The number of ether oxygens (including phenoxy) is 1. The molecule has 0 unspecified atom stereocenters. The van der Waals surface area contributed by atoms with E-state index in [0.29, 0.717) is 18.8 Å². The van der Waals surface area contributed by atoms with Crippen molar-refractivity contribution in [3.8, 4) is 5.75 Å². The van der Waals surface area contributed by atoms with Crippen LogP contribution in [0.4, 0.5) is 0 Å². The van der Waals surface area contributed by atoms with Crippen molar-refractivity contribution in [2.24, 2.45) is 0 Å². The average molecular weight is 455 g/mol. The van der Waals surface area contributed by atoms with E-state index in [1.54, 1.807) is 13.3 Å². The lowest BCUT2D eigenvalue weighted by molar-refractivity contribution is -0.118. The molecule has 0 aliphatic heterocycles. The molecule has 0 bridgehead atoms. The summed E-state index contributed by atoms with van der Waals surface area (Å²) in [4.78, 5) is 22.6. The fourth-order valence-electron chi connectivity index (χ4n) is 3.11. The minimum absolute atomic E-state index is 0. The maximum Gasteiger partial charge on any atom is 0.230 e. The van der Waals surface area contributed by atoms with Gasteiger partial charge >= 0.3 is 0 Å². The summed E-state index contributed by atoms with van der Waals surface area (Å²) in [6.45, 7) is 0.960. The Bertz CT molecular complexity index is 1130. The maximum absolute atomic E-state index is 12.3. The van der Waals surface area contributed by atoms with Crippen LogP contribution in [-0.4, -0.2) is 33.3 Å². The van der Waals surface area contributed by atoms with Crippen LogP contribution in [0.2, 0.25) is 0 Å². The van der Waals surface area contributed by atoms with Gasteiger partial charge in [-0.25, -0.2) is 9.97 Å². The Morgan fingerprint density at radius 2 is 1.84 bits per heavy atom. The number of amides is 1. The number of fused-ring (bicyclic) bond motifs is 1. The highest BCUT2D eigenvalue weighted by Gasteiger charge is 2.13. The first kappa shape index (κ1) is 22.7. The van der Waals surface area contributed by atoms with Crippen LogP contribution in [0.1, 0.15) is 11.4 Å². The third-order valence-corrected chi connectivity index (χ3v) is 5.65. The summed E-state index contributed by atoms with van der Waals surface area (Å²) < 4.78 is 7.28. The summed E-state index contributed by atoms with van der Waals surface area (Å²) in [6, 6.07) is 21.6. The number of nitrogens with zero attached hydrogens (tertiary/aromatic N) is 3. The highest BCUT2D eigenvalue weighted by Crippen LogP contribution is 2.19. The molecular weight excluding hydrogens is 432 g/mol. The summed E-state index contributed by atoms with van der Waals surface area (Å²) >= 11 is 1.52. The number of carbonyl (C=O) groups is 1. The number of halogens is 1. The first-order valence-corrected chi connectivity index (χ1v) is 10.6. The number of hydrogen-bond acceptors (Lipinski definition) is 5. The maximum atomic E-state index is 12.3. The topological polar surface area (TPSA) is 69.0 Å². The standard InChI is InChI=1S/C23H22N4O2S.ClH/c1-29-18-11-9-17(10-12-18)15-27-21(26-20-8-5-13-24-23(20)27)14-25-22(28)16-30-19-6-3-2-4-7-19;/h2-13H,14-16H2,1H3,(H,25,28);1H. The van der Waals surface area contributed by atoms with Gasteiger partial charge in [0.1, 0.15) is 17.1 Å². The van der Waals surface area contributed by atoms with E-state index >= 15 is 0 Å². The van der Waals surface area contributed by atoms with Crippen LogP contribution < -0.4 is 10.1 Å². The Morgan fingerprint density at radius 3 is 2.58 bits per heavy atom. The predicted octanol–water partition coefficient (Wildman–Crippen LogP) is 4.32. The fraction of sp³-hybridized carbons (Fsp3) is 0.174. The van der Waals surface area contributed by atoms with E-state index in [1.165, 1.54) is 11.8 Å². The number of aromatic nitrogens is 3.